The second kappa shape index (κ2) is 9.64. The Balaban J connectivity index is 0.000000149. The molecule has 2 aromatic heterocycles. The maximum absolute atomic E-state index is 12.3. The molecule has 0 radical (unpaired) electrons. The monoisotopic (exact) mass is 476 g/mol. The molecule has 2 N–H and O–H groups in total. The highest BCUT2D eigenvalue weighted by atomic mass is 16.3. The summed E-state index contributed by atoms with van der Waals surface area (Å²) in [5.74, 6) is 0.187. The van der Waals surface area contributed by atoms with E-state index < -0.39 is 0 Å². The molecule has 6 nitrogen and oxygen atoms in total. The molecular formula is C30H20O6. The molecule has 0 aliphatic rings. The minimum atomic E-state index is -0.174. The summed E-state index contributed by atoms with van der Waals surface area (Å²) in [5, 5.41) is 19.6. The zero-order valence-corrected chi connectivity index (χ0v) is 18.9. The van der Waals surface area contributed by atoms with Crippen LogP contribution in [0, 0.1) is 0 Å². The van der Waals surface area contributed by atoms with Crippen LogP contribution in [0.1, 0.15) is 0 Å². The molecule has 0 saturated carbocycles. The third-order valence-corrected chi connectivity index (χ3v) is 5.70. The molecule has 6 aromatic rings. The van der Waals surface area contributed by atoms with E-state index >= 15 is 0 Å². The molecule has 4 aromatic carbocycles. The Hall–Kier alpha value is -5.10. The summed E-state index contributed by atoms with van der Waals surface area (Å²) in [5.41, 5.74) is 3.37. The van der Waals surface area contributed by atoms with E-state index in [1.807, 2.05) is 42.5 Å². The number of phenolic OH excluding ortho intramolecular Hbond substituents is 2. The van der Waals surface area contributed by atoms with Crippen LogP contribution in [0.4, 0.5) is 0 Å². The van der Waals surface area contributed by atoms with Gasteiger partial charge in [0, 0.05) is 6.07 Å². The summed E-state index contributed by atoms with van der Waals surface area (Å²) in [4.78, 5) is 24.6. The van der Waals surface area contributed by atoms with Crippen molar-refractivity contribution in [2.24, 2.45) is 0 Å². The number of hydrogen-bond donors (Lipinski definition) is 2. The van der Waals surface area contributed by atoms with Crippen LogP contribution >= 0.6 is 0 Å². The van der Waals surface area contributed by atoms with Crippen molar-refractivity contribution >= 4 is 21.9 Å². The first kappa shape index (κ1) is 22.7. The van der Waals surface area contributed by atoms with Crippen molar-refractivity contribution in [3.05, 3.63) is 130 Å². The molecule has 0 aliphatic carbocycles. The first-order valence-corrected chi connectivity index (χ1v) is 11.1. The Labute approximate surface area is 204 Å². The average molecular weight is 476 g/mol. The van der Waals surface area contributed by atoms with E-state index in [0.717, 1.165) is 5.56 Å². The van der Waals surface area contributed by atoms with E-state index in [9.17, 15) is 19.8 Å². The first-order chi connectivity index (χ1) is 17.5. The Morgan fingerprint density at radius 1 is 0.500 bits per heavy atom. The number of para-hydroxylation sites is 1. The van der Waals surface area contributed by atoms with Gasteiger partial charge in [-0.25, -0.2) is 0 Å². The number of benzene rings is 4. The molecule has 0 atom stereocenters. The second-order valence-electron chi connectivity index (χ2n) is 8.05. The minimum Gasteiger partial charge on any atom is -0.508 e. The molecule has 6 heteroatoms. The molecule has 0 aliphatic heterocycles. The van der Waals surface area contributed by atoms with E-state index in [2.05, 4.69) is 0 Å². The van der Waals surface area contributed by atoms with E-state index in [-0.39, 0.29) is 22.4 Å². The van der Waals surface area contributed by atoms with Crippen molar-refractivity contribution in [2.45, 2.75) is 0 Å². The lowest BCUT2D eigenvalue weighted by atomic mass is 10.1. The standard InChI is InChI=1S/C15H10O4.C15H10O2/c16-10-3-1-9(2-4-10)13-8-19-14-7-11(17)5-6-12(14)15(13)18;16-15-12-8-4-5-9-14(12)17-10-13(15)11-6-2-1-3-7-11/h1-8,16-17H;1-10H. The van der Waals surface area contributed by atoms with Gasteiger partial charge in [-0.2, -0.15) is 0 Å². The van der Waals surface area contributed by atoms with Crippen LogP contribution in [0.25, 0.3) is 44.2 Å². The van der Waals surface area contributed by atoms with Gasteiger partial charge in [0.1, 0.15) is 35.2 Å². The molecule has 36 heavy (non-hydrogen) atoms. The zero-order chi connectivity index (χ0) is 25.1. The fourth-order valence-electron chi connectivity index (χ4n) is 3.85. The Morgan fingerprint density at radius 2 is 1.03 bits per heavy atom. The summed E-state index contributed by atoms with van der Waals surface area (Å²) >= 11 is 0. The highest BCUT2D eigenvalue weighted by Crippen LogP contribution is 2.24. The quantitative estimate of drug-likeness (QED) is 0.303. The Morgan fingerprint density at radius 3 is 1.72 bits per heavy atom. The SMILES string of the molecule is O=c1c(-c2ccc(O)cc2)coc2cc(O)ccc12.O=c1c(-c2ccccc2)coc2ccccc12. The molecule has 176 valence electrons. The molecule has 0 spiro atoms. The van der Waals surface area contributed by atoms with Gasteiger partial charge >= 0.3 is 0 Å². The summed E-state index contributed by atoms with van der Waals surface area (Å²) in [7, 11) is 0. The van der Waals surface area contributed by atoms with Crippen LogP contribution in [0.2, 0.25) is 0 Å². The smallest absolute Gasteiger partial charge is 0.200 e. The summed E-state index contributed by atoms with van der Waals surface area (Å²) in [6.45, 7) is 0. The zero-order valence-electron chi connectivity index (χ0n) is 18.9. The molecule has 2 heterocycles. The van der Waals surface area contributed by atoms with Crippen molar-refractivity contribution in [1.82, 2.24) is 0 Å². The molecule has 0 fully saturated rings. The Bertz CT molecular complexity index is 1780. The van der Waals surface area contributed by atoms with Gasteiger partial charge in [0.05, 0.1) is 21.9 Å². The van der Waals surface area contributed by atoms with Crippen molar-refractivity contribution in [3.63, 3.8) is 0 Å². The maximum Gasteiger partial charge on any atom is 0.200 e. The van der Waals surface area contributed by atoms with Crippen LogP contribution in [-0.4, -0.2) is 10.2 Å². The predicted molar refractivity (Wildman–Crippen MR) is 139 cm³/mol. The third-order valence-electron chi connectivity index (χ3n) is 5.70. The molecule has 0 unspecified atom stereocenters. The number of fused-ring (bicyclic) bond motifs is 2. The topological polar surface area (TPSA) is 101 Å². The molecule has 0 amide bonds. The molecule has 6 rings (SSSR count). The van der Waals surface area contributed by atoms with Crippen LogP contribution in [0.15, 0.2) is 128 Å². The van der Waals surface area contributed by atoms with Gasteiger partial charge < -0.3 is 19.0 Å². The van der Waals surface area contributed by atoms with E-state index in [4.69, 9.17) is 8.83 Å². The van der Waals surface area contributed by atoms with Gasteiger partial charge in [-0.1, -0.05) is 54.6 Å². The van der Waals surface area contributed by atoms with Crippen LogP contribution < -0.4 is 10.9 Å². The number of rotatable bonds is 2. The number of hydrogen-bond acceptors (Lipinski definition) is 6. The second-order valence-corrected chi connectivity index (χ2v) is 8.05. The molecular weight excluding hydrogens is 456 g/mol. The van der Waals surface area contributed by atoms with Gasteiger partial charge in [0.25, 0.3) is 0 Å². The average Bonchev–Trinajstić information content (AvgIpc) is 2.91. The summed E-state index contributed by atoms with van der Waals surface area (Å²) < 4.78 is 10.8. The van der Waals surface area contributed by atoms with E-state index in [1.54, 1.807) is 24.3 Å². The van der Waals surface area contributed by atoms with Crippen LogP contribution in [0.5, 0.6) is 11.5 Å². The number of phenols is 2. The lowest BCUT2D eigenvalue weighted by molar-refractivity contribution is 0.473. The highest BCUT2D eigenvalue weighted by molar-refractivity contribution is 5.83. The van der Waals surface area contributed by atoms with E-state index in [0.29, 0.717) is 38.6 Å². The van der Waals surface area contributed by atoms with Crippen molar-refractivity contribution < 1.29 is 19.0 Å². The Kier molecular flexibility index (Phi) is 6.07. The number of aromatic hydroxyl groups is 2. The van der Waals surface area contributed by atoms with Gasteiger partial charge in [-0.3, -0.25) is 9.59 Å². The van der Waals surface area contributed by atoms with Gasteiger partial charge in [0.15, 0.2) is 10.9 Å². The lowest BCUT2D eigenvalue weighted by Gasteiger charge is -2.03. The summed E-state index contributed by atoms with van der Waals surface area (Å²) in [6, 6.07) is 27.5. The molecule has 0 saturated heterocycles. The minimum absolute atomic E-state index is 0.0121. The molecule has 0 bridgehead atoms. The van der Waals surface area contributed by atoms with Gasteiger partial charge in [-0.15, -0.1) is 0 Å². The largest absolute Gasteiger partial charge is 0.508 e. The van der Waals surface area contributed by atoms with Crippen LogP contribution in [-0.2, 0) is 0 Å². The fourth-order valence-corrected chi connectivity index (χ4v) is 3.85. The maximum atomic E-state index is 12.3. The van der Waals surface area contributed by atoms with Gasteiger partial charge in [0.2, 0.25) is 0 Å². The normalized spacial score (nSPS) is 10.7. The van der Waals surface area contributed by atoms with Crippen molar-refractivity contribution in [3.8, 4) is 33.8 Å². The third kappa shape index (κ3) is 4.48. The van der Waals surface area contributed by atoms with E-state index in [1.165, 1.54) is 42.9 Å². The van der Waals surface area contributed by atoms with Crippen molar-refractivity contribution in [2.75, 3.05) is 0 Å². The summed E-state index contributed by atoms with van der Waals surface area (Å²) in [6.07, 6.45) is 2.89. The predicted octanol–water partition coefficient (Wildman–Crippen LogP) is 6.33. The first-order valence-electron chi connectivity index (χ1n) is 11.1. The van der Waals surface area contributed by atoms with Crippen LogP contribution in [0.3, 0.4) is 0 Å². The lowest BCUT2D eigenvalue weighted by Crippen LogP contribution is -2.04. The highest BCUT2D eigenvalue weighted by Gasteiger charge is 2.10. The fraction of sp³-hybridized carbons (Fsp3) is 0. The van der Waals surface area contributed by atoms with Gasteiger partial charge in [-0.05, 0) is 47.5 Å². The van der Waals surface area contributed by atoms with Crippen molar-refractivity contribution in [1.29, 1.82) is 0 Å².